The van der Waals surface area contributed by atoms with E-state index in [1.165, 1.54) is 23.1 Å². The molecule has 0 aliphatic carbocycles. The summed E-state index contributed by atoms with van der Waals surface area (Å²) < 4.78 is 26.7. The van der Waals surface area contributed by atoms with Crippen LogP contribution >= 0.6 is 34.8 Å². The van der Waals surface area contributed by atoms with E-state index in [1.54, 1.807) is 24.3 Å². The summed E-state index contributed by atoms with van der Waals surface area (Å²) in [5.41, 5.74) is 1.56. The zero-order valence-corrected chi connectivity index (χ0v) is 25.4. The summed E-state index contributed by atoms with van der Waals surface area (Å²) in [7, 11) is -3.95. The van der Waals surface area contributed by atoms with Gasteiger partial charge in [-0.1, -0.05) is 96.7 Å². The molecular weight excluding hydrogens is 593 g/mol. The van der Waals surface area contributed by atoms with Gasteiger partial charge in [0, 0.05) is 29.6 Å². The van der Waals surface area contributed by atoms with Crippen molar-refractivity contribution in [3.8, 4) is 0 Å². The van der Waals surface area contributed by atoms with Gasteiger partial charge in [0.15, 0.2) is 0 Å². The van der Waals surface area contributed by atoms with Crippen LogP contribution < -0.4 is 9.62 Å². The number of benzene rings is 3. The van der Waals surface area contributed by atoms with Crippen LogP contribution in [0.3, 0.4) is 0 Å². The summed E-state index contributed by atoms with van der Waals surface area (Å²) in [6.07, 6.45) is 2.87. The molecule has 1 unspecified atom stereocenters. The molecule has 3 rings (SSSR count). The fourth-order valence-electron chi connectivity index (χ4n) is 4.15. The van der Waals surface area contributed by atoms with Gasteiger partial charge in [0.1, 0.15) is 12.6 Å². The SMILES string of the molecule is CCCCNC(=O)C(Cc1ccccc1)N(Cc1ccccc1Cl)C(=O)CN(c1ccc(Cl)cc1Cl)S(C)(=O)=O. The van der Waals surface area contributed by atoms with Crippen molar-refractivity contribution in [2.45, 2.75) is 38.8 Å². The molecule has 0 aromatic heterocycles. The molecule has 1 N–H and O–H groups in total. The summed E-state index contributed by atoms with van der Waals surface area (Å²) >= 11 is 18.8. The number of anilines is 1. The number of unbranched alkanes of at least 4 members (excludes halogenated alkanes) is 1. The Kier molecular flexibility index (Phi) is 11.7. The number of nitrogens with one attached hydrogen (secondary N) is 1. The topological polar surface area (TPSA) is 86.8 Å². The molecule has 40 heavy (non-hydrogen) atoms. The Balaban J connectivity index is 2.06. The molecule has 3 aromatic carbocycles. The highest BCUT2D eigenvalue weighted by molar-refractivity contribution is 7.92. The van der Waals surface area contributed by atoms with E-state index < -0.39 is 28.5 Å². The van der Waals surface area contributed by atoms with E-state index in [1.807, 2.05) is 37.3 Å². The molecule has 0 heterocycles. The van der Waals surface area contributed by atoms with Gasteiger partial charge >= 0.3 is 0 Å². The molecule has 3 aromatic rings. The zero-order valence-electron chi connectivity index (χ0n) is 22.3. The van der Waals surface area contributed by atoms with E-state index in [2.05, 4.69) is 5.32 Å². The van der Waals surface area contributed by atoms with Crippen molar-refractivity contribution < 1.29 is 18.0 Å². The van der Waals surface area contributed by atoms with Gasteiger partial charge in [0.2, 0.25) is 21.8 Å². The lowest BCUT2D eigenvalue weighted by molar-refractivity contribution is -0.140. The predicted octanol–water partition coefficient (Wildman–Crippen LogP) is 5.97. The van der Waals surface area contributed by atoms with Crippen LogP contribution in [0.2, 0.25) is 15.1 Å². The molecule has 0 saturated heterocycles. The number of sulfonamides is 1. The number of nitrogens with zero attached hydrogens (tertiary/aromatic N) is 2. The number of amides is 2. The van der Waals surface area contributed by atoms with Gasteiger partial charge in [-0.15, -0.1) is 0 Å². The van der Waals surface area contributed by atoms with Gasteiger partial charge in [0.25, 0.3) is 0 Å². The van der Waals surface area contributed by atoms with E-state index in [9.17, 15) is 18.0 Å². The Morgan fingerprint density at radius 1 is 0.925 bits per heavy atom. The van der Waals surface area contributed by atoms with E-state index in [0.717, 1.165) is 29.0 Å². The average Bonchev–Trinajstić information content (AvgIpc) is 2.90. The molecule has 0 fully saturated rings. The highest BCUT2D eigenvalue weighted by atomic mass is 35.5. The maximum atomic E-state index is 14.1. The Morgan fingerprint density at radius 3 is 2.23 bits per heavy atom. The molecule has 11 heteroatoms. The molecule has 0 aliphatic rings. The lowest BCUT2D eigenvalue weighted by Crippen LogP contribution is -2.53. The van der Waals surface area contributed by atoms with Gasteiger partial charge in [-0.05, 0) is 41.8 Å². The molecular formula is C29H32Cl3N3O4S. The number of halogens is 3. The first kappa shape index (κ1) is 31.7. The first-order valence-electron chi connectivity index (χ1n) is 12.8. The summed E-state index contributed by atoms with van der Waals surface area (Å²) in [4.78, 5) is 29.0. The minimum atomic E-state index is -3.95. The van der Waals surface area contributed by atoms with Gasteiger partial charge < -0.3 is 10.2 Å². The number of carbonyl (C=O) groups is 2. The van der Waals surface area contributed by atoms with Gasteiger partial charge in [-0.2, -0.15) is 0 Å². The molecule has 0 bridgehead atoms. The van der Waals surface area contributed by atoms with Crippen molar-refractivity contribution in [2.75, 3.05) is 23.7 Å². The Hall–Kier alpha value is -2.78. The lowest BCUT2D eigenvalue weighted by Gasteiger charge is -2.34. The van der Waals surface area contributed by atoms with Crippen molar-refractivity contribution in [2.24, 2.45) is 0 Å². The molecule has 7 nitrogen and oxygen atoms in total. The molecule has 0 aliphatic heterocycles. The number of rotatable bonds is 13. The molecule has 2 amide bonds. The fourth-order valence-corrected chi connectivity index (χ4v) is 5.77. The Morgan fingerprint density at radius 2 is 1.60 bits per heavy atom. The number of hydrogen-bond donors (Lipinski definition) is 1. The summed E-state index contributed by atoms with van der Waals surface area (Å²) in [6.45, 7) is 1.87. The van der Waals surface area contributed by atoms with Crippen LogP contribution in [0.1, 0.15) is 30.9 Å². The highest BCUT2D eigenvalue weighted by Crippen LogP contribution is 2.31. The van der Waals surface area contributed by atoms with Crippen LogP contribution in [0, 0.1) is 0 Å². The normalized spacial score (nSPS) is 12.0. The fraction of sp³-hybridized carbons (Fsp3) is 0.310. The largest absolute Gasteiger partial charge is 0.354 e. The highest BCUT2D eigenvalue weighted by Gasteiger charge is 2.33. The molecule has 214 valence electrons. The molecule has 1 atom stereocenters. The van der Waals surface area contributed by atoms with Crippen molar-refractivity contribution in [1.82, 2.24) is 10.2 Å². The minimum absolute atomic E-state index is 0.0108. The van der Waals surface area contributed by atoms with Gasteiger partial charge in [-0.3, -0.25) is 13.9 Å². The van der Waals surface area contributed by atoms with Crippen LogP contribution in [0.4, 0.5) is 5.69 Å². The third-order valence-corrected chi connectivity index (χ3v) is 8.29. The third-order valence-electron chi connectivity index (χ3n) is 6.26. The van der Waals surface area contributed by atoms with Crippen molar-refractivity contribution in [3.63, 3.8) is 0 Å². The molecule has 0 saturated carbocycles. The average molecular weight is 625 g/mol. The second-order valence-electron chi connectivity index (χ2n) is 9.33. The lowest BCUT2D eigenvalue weighted by atomic mass is 10.0. The smallest absolute Gasteiger partial charge is 0.244 e. The van der Waals surface area contributed by atoms with Crippen molar-refractivity contribution in [3.05, 3.63) is 99.0 Å². The summed E-state index contributed by atoms with van der Waals surface area (Å²) in [5, 5.41) is 3.75. The van der Waals surface area contributed by atoms with Crippen LogP contribution in [-0.2, 0) is 32.6 Å². The van der Waals surface area contributed by atoms with Crippen LogP contribution in [0.5, 0.6) is 0 Å². The maximum Gasteiger partial charge on any atom is 0.244 e. The van der Waals surface area contributed by atoms with E-state index in [-0.39, 0.29) is 29.6 Å². The van der Waals surface area contributed by atoms with Crippen molar-refractivity contribution in [1.29, 1.82) is 0 Å². The minimum Gasteiger partial charge on any atom is -0.354 e. The van der Waals surface area contributed by atoms with Crippen LogP contribution in [0.25, 0.3) is 0 Å². The molecule has 0 spiro atoms. The zero-order chi connectivity index (χ0) is 29.3. The number of carbonyl (C=O) groups excluding carboxylic acids is 2. The van der Waals surface area contributed by atoms with Gasteiger partial charge in [0.05, 0.1) is 17.0 Å². The summed E-state index contributed by atoms with van der Waals surface area (Å²) in [5.74, 6) is -0.934. The standard InChI is InChI=1S/C29H32Cl3N3O4S/c1-3-4-16-33-29(37)27(17-21-10-6-5-7-11-21)34(19-22-12-8-9-13-24(22)31)28(36)20-35(40(2,38)39)26-15-14-23(30)18-25(26)32/h5-15,18,27H,3-4,16-17,19-20H2,1-2H3,(H,33,37). The monoisotopic (exact) mass is 623 g/mol. The van der Waals surface area contributed by atoms with E-state index in [0.29, 0.717) is 22.2 Å². The van der Waals surface area contributed by atoms with E-state index >= 15 is 0 Å². The predicted molar refractivity (Wildman–Crippen MR) is 163 cm³/mol. The third kappa shape index (κ3) is 8.86. The van der Waals surface area contributed by atoms with Gasteiger partial charge in [-0.25, -0.2) is 8.42 Å². The maximum absolute atomic E-state index is 14.1. The Labute approximate surface area is 251 Å². The quantitative estimate of drug-likeness (QED) is 0.238. The van der Waals surface area contributed by atoms with Crippen LogP contribution in [0.15, 0.2) is 72.8 Å². The van der Waals surface area contributed by atoms with Crippen molar-refractivity contribution >= 4 is 62.3 Å². The molecule has 0 radical (unpaired) electrons. The van der Waals surface area contributed by atoms with Crippen LogP contribution in [-0.4, -0.2) is 50.5 Å². The first-order valence-corrected chi connectivity index (χ1v) is 15.8. The number of hydrogen-bond acceptors (Lipinski definition) is 4. The first-order chi connectivity index (χ1) is 19.0. The Bertz CT molecular complexity index is 1420. The second-order valence-corrected chi connectivity index (χ2v) is 12.5. The summed E-state index contributed by atoms with van der Waals surface area (Å²) in [6, 6.07) is 19.7. The van der Waals surface area contributed by atoms with E-state index in [4.69, 9.17) is 34.8 Å². The second kappa shape index (κ2) is 14.7.